The molecule has 0 aliphatic heterocycles. The van der Waals surface area contributed by atoms with Crippen molar-refractivity contribution in [1.29, 1.82) is 0 Å². The first kappa shape index (κ1) is 9.02. The monoisotopic (exact) mass is 127 g/mol. The molecule has 0 fully saturated rings. The largest absolute Gasteiger partial charge is 0.317 e. The van der Waals surface area contributed by atoms with Crippen LogP contribution in [-0.4, -0.2) is 19.8 Å². The van der Waals surface area contributed by atoms with Crippen LogP contribution in [0.15, 0.2) is 0 Å². The zero-order valence-electron chi connectivity index (χ0n) is 6.91. The molecule has 0 unspecified atom stereocenters. The highest BCUT2D eigenvalue weighted by molar-refractivity contribution is 6.55. The van der Waals surface area contributed by atoms with Gasteiger partial charge in [-0.15, -0.1) is 0 Å². The van der Waals surface area contributed by atoms with Crippen LogP contribution in [-0.2, 0) is 0 Å². The molecule has 0 aliphatic carbocycles. The Bertz CT molecular complexity index is 54.9. The van der Waals surface area contributed by atoms with Crippen LogP contribution < -0.4 is 5.32 Å². The third-order valence-corrected chi connectivity index (χ3v) is 1.39. The van der Waals surface area contributed by atoms with Gasteiger partial charge in [-0.3, -0.25) is 0 Å². The maximum absolute atomic E-state index is 3.30. The van der Waals surface area contributed by atoms with E-state index in [1.807, 2.05) is 0 Å². The molecule has 0 saturated heterocycles. The third kappa shape index (κ3) is 8.02. The average Bonchev–Trinajstić information content (AvgIpc) is 1.80. The Balaban J connectivity index is 2.75. The molecule has 0 aromatic rings. The highest BCUT2D eigenvalue weighted by Gasteiger charge is 1.95. The molecule has 0 atom stereocenters. The van der Waals surface area contributed by atoms with Crippen LogP contribution in [0.5, 0.6) is 0 Å². The van der Waals surface area contributed by atoms with Crippen molar-refractivity contribution in [3.63, 3.8) is 0 Å². The van der Waals surface area contributed by atoms with Crippen molar-refractivity contribution < 1.29 is 0 Å². The van der Waals surface area contributed by atoms with Gasteiger partial charge in [-0.05, 0) is 19.5 Å². The molecule has 0 aromatic heterocycles. The summed E-state index contributed by atoms with van der Waals surface area (Å²) in [5, 5.41) is 3.30. The predicted molar refractivity (Wildman–Crippen MR) is 45.4 cm³/mol. The lowest BCUT2D eigenvalue weighted by Gasteiger charge is -2.01. The lowest BCUT2D eigenvalue weighted by atomic mass is 9.51. The van der Waals surface area contributed by atoms with Gasteiger partial charge in [0.25, 0.3) is 0 Å². The number of hydrogen-bond acceptors (Lipinski definition) is 1. The second kappa shape index (κ2) is 6.15. The van der Waals surface area contributed by atoms with E-state index < -0.39 is 0 Å². The van der Waals surface area contributed by atoms with Crippen molar-refractivity contribution in [2.45, 2.75) is 33.3 Å². The molecule has 0 rings (SSSR count). The summed E-state index contributed by atoms with van der Waals surface area (Å²) in [6, 6.07) is 0. The zero-order chi connectivity index (χ0) is 7.11. The van der Waals surface area contributed by atoms with E-state index in [1.165, 1.54) is 19.3 Å². The third-order valence-electron chi connectivity index (χ3n) is 1.39. The van der Waals surface area contributed by atoms with E-state index in [0.717, 1.165) is 13.3 Å². The molecular formula is C7H18BN. The molecule has 0 spiro atoms. The fraction of sp³-hybridized carbons (Fsp3) is 1.00. The average molecular weight is 127 g/mol. The molecule has 9 heavy (non-hydrogen) atoms. The van der Waals surface area contributed by atoms with Crippen LogP contribution in [0.25, 0.3) is 0 Å². The van der Waals surface area contributed by atoms with Crippen molar-refractivity contribution in [3.8, 4) is 0 Å². The second-order valence-corrected chi connectivity index (χ2v) is 2.89. The number of hydrogen-bond donors (Lipinski definition) is 1. The number of nitrogens with one attached hydrogen (secondary N) is 1. The summed E-state index contributed by atoms with van der Waals surface area (Å²) >= 11 is 0. The first-order chi connectivity index (χ1) is 4.27. The normalized spacial score (nSPS) is 9.67. The molecule has 1 nitrogen and oxygen atoms in total. The van der Waals surface area contributed by atoms with Gasteiger partial charge in [-0.2, -0.15) is 0 Å². The summed E-state index contributed by atoms with van der Waals surface area (Å²) in [4.78, 5) is 0. The topological polar surface area (TPSA) is 12.0 Å². The second-order valence-electron chi connectivity index (χ2n) is 2.89. The van der Waals surface area contributed by atoms with Crippen LogP contribution in [0.1, 0.15) is 13.3 Å². The van der Waals surface area contributed by atoms with Gasteiger partial charge in [0, 0.05) is 0 Å². The Kier molecular flexibility index (Phi) is 6.17. The quantitative estimate of drug-likeness (QED) is 0.438. The summed E-state index contributed by atoms with van der Waals surface area (Å²) in [5.41, 5.74) is 0. The summed E-state index contributed by atoms with van der Waals surface area (Å²) < 4.78 is 0. The van der Waals surface area contributed by atoms with Crippen molar-refractivity contribution in [3.05, 3.63) is 0 Å². The smallest absolute Gasteiger partial charge is 0.133 e. The predicted octanol–water partition coefficient (Wildman–Crippen LogP) is 1.74. The van der Waals surface area contributed by atoms with Gasteiger partial charge < -0.3 is 5.32 Å². The molecule has 2 heteroatoms. The van der Waals surface area contributed by atoms with E-state index in [-0.39, 0.29) is 0 Å². The van der Waals surface area contributed by atoms with Crippen molar-refractivity contribution >= 4 is 6.71 Å². The SMILES string of the molecule is CCNCCCB(C)C. The molecule has 0 aromatic carbocycles. The molecule has 0 radical (unpaired) electrons. The van der Waals surface area contributed by atoms with Crippen LogP contribution in [0, 0.1) is 0 Å². The molecule has 0 amide bonds. The summed E-state index contributed by atoms with van der Waals surface area (Å²) in [7, 11) is 0. The van der Waals surface area contributed by atoms with Crippen molar-refractivity contribution in [1.82, 2.24) is 5.32 Å². The highest BCUT2D eigenvalue weighted by Crippen LogP contribution is 1.94. The minimum absolute atomic E-state index is 0.864. The van der Waals surface area contributed by atoms with E-state index in [2.05, 4.69) is 25.9 Å². The van der Waals surface area contributed by atoms with Crippen molar-refractivity contribution in [2.75, 3.05) is 13.1 Å². The van der Waals surface area contributed by atoms with Gasteiger partial charge in [-0.25, -0.2) is 0 Å². The molecule has 0 saturated carbocycles. The Morgan fingerprint density at radius 3 is 2.44 bits per heavy atom. The van der Waals surface area contributed by atoms with E-state index in [1.54, 1.807) is 0 Å². The minimum atomic E-state index is 0.864. The highest BCUT2D eigenvalue weighted by atomic mass is 14.8. The van der Waals surface area contributed by atoms with Crippen LogP contribution in [0.4, 0.5) is 0 Å². The molecule has 0 bridgehead atoms. The molecule has 54 valence electrons. The lowest BCUT2D eigenvalue weighted by molar-refractivity contribution is 0.701. The Labute approximate surface area is 59.3 Å². The molecular weight excluding hydrogens is 109 g/mol. The maximum atomic E-state index is 3.30. The maximum Gasteiger partial charge on any atom is 0.133 e. The van der Waals surface area contributed by atoms with Gasteiger partial charge in [-0.1, -0.05) is 26.9 Å². The Morgan fingerprint density at radius 1 is 1.33 bits per heavy atom. The first-order valence-corrected chi connectivity index (χ1v) is 3.98. The fourth-order valence-electron chi connectivity index (χ4n) is 0.812. The number of rotatable bonds is 5. The standard InChI is InChI=1S/C7H18BN/c1-4-9-7-5-6-8(2)3/h9H,4-7H2,1-3H3. The van der Waals surface area contributed by atoms with Gasteiger partial charge in [0.1, 0.15) is 6.71 Å². The van der Waals surface area contributed by atoms with Gasteiger partial charge in [0.15, 0.2) is 0 Å². The van der Waals surface area contributed by atoms with Crippen molar-refractivity contribution in [2.24, 2.45) is 0 Å². The molecule has 1 N–H and O–H groups in total. The van der Waals surface area contributed by atoms with Gasteiger partial charge in [0.05, 0.1) is 0 Å². The van der Waals surface area contributed by atoms with Crippen LogP contribution in [0.3, 0.4) is 0 Å². The van der Waals surface area contributed by atoms with Crippen LogP contribution in [0.2, 0.25) is 20.0 Å². The molecule has 0 aliphatic rings. The zero-order valence-corrected chi connectivity index (χ0v) is 6.91. The van der Waals surface area contributed by atoms with E-state index >= 15 is 0 Å². The van der Waals surface area contributed by atoms with E-state index in [9.17, 15) is 0 Å². The molecule has 0 heterocycles. The Morgan fingerprint density at radius 2 is 2.00 bits per heavy atom. The first-order valence-electron chi connectivity index (χ1n) is 3.98. The minimum Gasteiger partial charge on any atom is -0.317 e. The summed E-state index contributed by atoms with van der Waals surface area (Å²) in [6.07, 6.45) is 2.68. The van der Waals surface area contributed by atoms with Gasteiger partial charge in [0.2, 0.25) is 0 Å². The summed E-state index contributed by atoms with van der Waals surface area (Å²) in [6.45, 7) is 9.85. The summed E-state index contributed by atoms with van der Waals surface area (Å²) in [5.74, 6) is 0. The van der Waals surface area contributed by atoms with Crippen LogP contribution >= 0.6 is 0 Å². The van der Waals surface area contributed by atoms with E-state index in [4.69, 9.17) is 0 Å². The lowest BCUT2D eigenvalue weighted by Crippen LogP contribution is -2.15. The Hall–Kier alpha value is 0.0249. The van der Waals surface area contributed by atoms with E-state index in [0.29, 0.717) is 0 Å². The fourth-order valence-corrected chi connectivity index (χ4v) is 0.812. The van der Waals surface area contributed by atoms with Gasteiger partial charge >= 0.3 is 0 Å².